The first-order chi connectivity index (χ1) is 16.6. The Kier molecular flexibility index (Phi) is 7.59. The van der Waals surface area contributed by atoms with E-state index >= 15 is 0 Å². The number of nitrogens with zero attached hydrogens (tertiary/aromatic N) is 4. The predicted octanol–water partition coefficient (Wildman–Crippen LogP) is 4.73. The van der Waals surface area contributed by atoms with E-state index in [1.807, 2.05) is 13.0 Å². The Morgan fingerprint density at radius 3 is 2.56 bits per heavy atom. The lowest BCUT2D eigenvalue weighted by Gasteiger charge is -2.29. The topological polar surface area (TPSA) is 63.1 Å². The first-order valence-electron chi connectivity index (χ1n) is 13.2. The maximum Gasteiger partial charge on any atom is 0.233 e. The quantitative estimate of drug-likeness (QED) is 0.525. The summed E-state index contributed by atoms with van der Waals surface area (Å²) in [5.41, 5.74) is 1.23. The number of hydrogen-bond acceptors (Lipinski definition) is 5. The van der Waals surface area contributed by atoms with Gasteiger partial charge in [0, 0.05) is 6.04 Å². The monoisotopic (exact) mass is 481 g/mol. The number of benzene rings is 1. The largest absolute Gasteiger partial charge is 0.352 e. The molecule has 5 atom stereocenters. The third-order valence-electron chi connectivity index (χ3n) is 8.25. The van der Waals surface area contributed by atoms with E-state index < -0.39 is 0 Å². The molecule has 0 spiro atoms. The maximum absolute atomic E-state index is 13.1. The van der Waals surface area contributed by atoms with Gasteiger partial charge in [-0.25, -0.2) is 0 Å². The molecule has 0 unspecified atom stereocenters. The zero-order chi connectivity index (χ0) is 23.5. The van der Waals surface area contributed by atoms with Crippen molar-refractivity contribution in [3.63, 3.8) is 0 Å². The molecule has 6 nitrogen and oxygen atoms in total. The number of likely N-dealkylation sites (tertiary alicyclic amines) is 1. The minimum absolute atomic E-state index is 0.118. The molecule has 2 aliphatic carbocycles. The van der Waals surface area contributed by atoms with Gasteiger partial charge in [0.15, 0.2) is 5.16 Å². The van der Waals surface area contributed by atoms with E-state index in [2.05, 4.69) is 56.2 Å². The van der Waals surface area contributed by atoms with Gasteiger partial charge in [-0.2, -0.15) is 0 Å². The van der Waals surface area contributed by atoms with Gasteiger partial charge in [0.1, 0.15) is 5.82 Å². The number of thioether (sulfide) groups is 1. The summed E-state index contributed by atoms with van der Waals surface area (Å²) in [7, 11) is 0. The third-order valence-corrected chi connectivity index (χ3v) is 9.33. The smallest absolute Gasteiger partial charge is 0.233 e. The Morgan fingerprint density at radius 1 is 1.06 bits per heavy atom. The van der Waals surface area contributed by atoms with E-state index in [0.717, 1.165) is 49.0 Å². The summed E-state index contributed by atoms with van der Waals surface area (Å²) < 4.78 is 2.22. The maximum atomic E-state index is 13.1. The van der Waals surface area contributed by atoms with Crippen molar-refractivity contribution in [1.82, 2.24) is 25.0 Å². The fourth-order valence-electron chi connectivity index (χ4n) is 6.33. The number of nitrogens with one attached hydrogen (secondary N) is 1. The summed E-state index contributed by atoms with van der Waals surface area (Å²) in [5.74, 6) is 3.48. The number of amides is 1. The van der Waals surface area contributed by atoms with E-state index in [9.17, 15) is 4.79 Å². The van der Waals surface area contributed by atoms with Crippen LogP contribution in [0.2, 0.25) is 0 Å². The van der Waals surface area contributed by atoms with Crippen molar-refractivity contribution in [2.45, 2.75) is 88.3 Å². The number of hydrogen-bond donors (Lipinski definition) is 1. The lowest BCUT2D eigenvalue weighted by atomic mass is 9.84. The third kappa shape index (κ3) is 5.51. The van der Waals surface area contributed by atoms with Crippen molar-refractivity contribution in [3.8, 4) is 0 Å². The molecule has 2 heterocycles. The number of fused-ring (bicyclic) bond motifs is 2. The van der Waals surface area contributed by atoms with E-state index in [1.165, 1.54) is 62.3 Å². The normalized spacial score (nSPS) is 26.5. The number of rotatable bonds is 9. The molecule has 1 N–H and O–H groups in total. The van der Waals surface area contributed by atoms with Crippen LogP contribution in [-0.4, -0.2) is 50.0 Å². The molecule has 34 heavy (non-hydrogen) atoms. The lowest BCUT2D eigenvalue weighted by molar-refractivity contribution is -0.121. The summed E-state index contributed by atoms with van der Waals surface area (Å²) >= 11 is 1.54. The van der Waals surface area contributed by atoms with Gasteiger partial charge in [0.25, 0.3) is 0 Å². The molecular weight excluding hydrogens is 442 g/mol. The average molecular weight is 482 g/mol. The zero-order valence-electron chi connectivity index (χ0n) is 20.7. The molecule has 3 aliphatic rings. The number of carbonyl (C=O) groups is 1. The fraction of sp³-hybridized carbons (Fsp3) is 0.667. The highest BCUT2D eigenvalue weighted by molar-refractivity contribution is 8.00. The van der Waals surface area contributed by atoms with Crippen LogP contribution in [0.15, 0.2) is 35.5 Å². The second-order valence-electron chi connectivity index (χ2n) is 10.7. The van der Waals surface area contributed by atoms with Crippen LogP contribution >= 0.6 is 11.8 Å². The molecule has 1 aromatic carbocycles. The minimum Gasteiger partial charge on any atom is -0.352 e. The first-order valence-corrected chi connectivity index (χ1v) is 14.1. The summed E-state index contributed by atoms with van der Waals surface area (Å²) in [6.07, 6.45) is 9.24. The van der Waals surface area contributed by atoms with Crippen molar-refractivity contribution in [2.75, 3.05) is 13.1 Å². The average Bonchev–Trinajstić information content (AvgIpc) is 3.58. The molecule has 1 aromatic heterocycles. The first kappa shape index (κ1) is 23.9. The van der Waals surface area contributed by atoms with E-state index in [0.29, 0.717) is 5.92 Å². The van der Waals surface area contributed by atoms with Crippen LogP contribution in [0, 0.1) is 17.8 Å². The summed E-state index contributed by atoms with van der Waals surface area (Å²) in [4.78, 5) is 15.6. The molecule has 2 bridgehead atoms. The van der Waals surface area contributed by atoms with Gasteiger partial charge < -0.3 is 9.88 Å². The van der Waals surface area contributed by atoms with Crippen LogP contribution in [0.4, 0.5) is 0 Å². The molecule has 1 amide bonds. The van der Waals surface area contributed by atoms with Crippen molar-refractivity contribution in [2.24, 2.45) is 17.8 Å². The molecule has 3 fully saturated rings. The van der Waals surface area contributed by atoms with Crippen molar-refractivity contribution >= 4 is 17.7 Å². The Morgan fingerprint density at radius 2 is 1.85 bits per heavy atom. The lowest BCUT2D eigenvalue weighted by Crippen LogP contribution is -2.43. The van der Waals surface area contributed by atoms with Crippen LogP contribution in [0.25, 0.3) is 0 Å². The molecule has 184 valence electrons. The number of carbonyl (C=O) groups excluding carboxylic acids is 1. The van der Waals surface area contributed by atoms with Crippen LogP contribution in [-0.2, 0) is 17.9 Å². The van der Waals surface area contributed by atoms with Gasteiger partial charge in [0.2, 0.25) is 5.91 Å². The van der Waals surface area contributed by atoms with Gasteiger partial charge in [-0.3, -0.25) is 9.69 Å². The number of aromatic nitrogens is 3. The van der Waals surface area contributed by atoms with E-state index in [1.54, 1.807) is 0 Å². The highest BCUT2D eigenvalue weighted by Crippen LogP contribution is 2.49. The Balaban J connectivity index is 1.26. The molecular formula is C27H39N5OS. The molecule has 5 rings (SSSR count). The van der Waals surface area contributed by atoms with Gasteiger partial charge >= 0.3 is 0 Å². The van der Waals surface area contributed by atoms with Crippen molar-refractivity contribution in [1.29, 1.82) is 0 Å². The summed E-state index contributed by atoms with van der Waals surface area (Å²) in [6.45, 7) is 8.01. The Bertz CT molecular complexity index is 957. The van der Waals surface area contributed by atoms with Crippen molar-refractivity contribution in [3.05, 3.63) is 41.7 Å². The van der Waals surface area contributed by atoms with Crippen LogP contribution in [0.3, 0.4) is 0 Å². The van der Waals surface area contributed by atoms with Gasteiger partial charge in [0.05, 0.1) is 18.3 Å². The van der Waals surface area contributed by atoms with Crippen LogP contribution in [0.1, 0.15) is 70.2 Å². The van der Waals surface area contributed by atoms with Gasteiger partial charge in [-0.05, 0) is 82.4 Å². The Hall–Kier alpha value is -1.86. The van der Waals surface area contributed by atoms with E-state index in [4.69, 9.17) is 0 Å². The summed E-state index contributed by atoms with van der Waals surface area (Å²) in [5, 5.41) is 13.1. The van der Waals surface area contributed by atoms with Crippen LogP contribution < -0.4 is 5.32 Å². The second-order valence-corrected chi connectivity index (χ2v) is 12.0. The molecule has 1 saturated heterocycles. The van der Waals surface area contributed by atoms with E-state index in [-0.39, 0.29) is 17.2 Å². The van der Waals surface area contributed by atoms with Crippen molar-refractivity contribution < 1.29 is 4.79 Å². The Labute approximate surface area is 208 Å². The molecule has 1 aliphatic heterocycles. The zero-order valence-corrected chi connectivity index (χ0v) is 21.5. The SMILES string of the molecule is C[C@H](Sc1nnc(CN2CCCCC2)n1Cc1ccccc1)C(=O)N[C@H](C)[C@H]1C[C@H]2CC[C@H]1C2. The number of piperidine rings is 1. The second kappa shape index (κ2) is 10.8. The highest BCUT2D eigenvalue weighted by atomic mass is 32.2. The van der Waals surface area contributed by atoms with Gasteiger partial charge in [-0.15, -0.1) is 10.2 Å². The predicted molar refractivity (Wildman–Crippen MR) is 137 cm³/mol. The molecule has 7 heteroatoms. The minimum atomic E-state index is -0.206. The molecule has 2 saturated carbocycles. The standard InChI is InChI=1S/C27H39N5OS/c1-19(24-16-22-11-12-23(24)15-22)28-26(33)20(2)34-27-30-29-25(18-31-13-7-4-8-14-31)32(27)17-21-9-5-3-6-10-21/h3,5-6,9-10,19-20,22-24H,4,7-8,11-18H2,1-2H3,(H,28,33)/t19-,20+,22+,23+,24-/m1/s1. The summed E-state index contributed by atoms with van der Waals surface area (Å²) in [6, 6.07) is 10.7. The molecule has 0 radical (unpaired) electrons. The highest BCUT2D eigenvalue weighted by Gasteiger charge is 2.42. The van der Waals surface area contributed by atoms with Crippen LogP contribution in [0.5, 0.6) is 0 Å². The molecule has 2 aromatic rings. The van der Waals surface area contributed by atoms with Gasteiger partial charge in [-0.1, -0.05) is 54.9 Å². The fourth-order valence-corrected chi connectivity index (χ4v) is 7.21.